The number of aromatic amines is 1. The minimum Gasteiger partial charge on any atom is -0.473 e. The zero-order valence-corrected chi connectivity index (χ0v) is 6.89. The van der Waals surface area contributed by atoms with Crippen molar-refractivity contribution in [2.24, 2.45) is 5.73 Å². The SMILES string of the molecule is CC(N)Oc1cnc(=S)[nH]c1. The maximum absolute atomic E-state index is 5.37. The summed E-state index contributed by atoms with van der Waals surface area (Å²) < 4.78 is 5.54. The Morgan fingerprint density at radius 3 is 3.00 bits per heavy atom. The van der Waals surface area contributed by atoms with Gasteiger partial charge in [0.05, 0.1) is 6.20 Å². The maximum Gasteiger partial charge on any atom is 0.196 e. The zero-order chi connectivity index (χ0) is 8.27. The largest absolute Gasteiger partial charge is 0.473 e. The van der Waals surface area contributed by atoms with Gasteiger partial charge in [-0.15, -0.1) is 0 Å². The molecule has 0 fully saturated rings. The first-order valence-electron chi connectivity index (χ1n) is 3.15. The molecule has 0 spiro atoms. The first-order chi connectivity index (χ1) is 5.18. The number of rotatable bonds is 2. The third kappa shape index (κ3) is 2.65. The molecule has 0 aliphatic carbocycles. The zero-order valence-electron chi connectivity index (χ0n) is 6.07. The van der Waals surface area contributed by atoms with Gasteiger partial charge in [0.2, 0.25) is 0 Å². The molecule has 1 unspecified atom stereocenters. The predicted octanol–water partition coefficient (Wildman–Crippen LogP) is 0.823. The molecule has 1 aromatic heterocycles. The van der Waals surface area contributed by atoms with Crippen LogP contribution in [0, 0.1) is 4.77 Å². The Morgan fingerprint density at radius 1 is 1.82 bits per heavy atom. The van der Waals surface area contributed by atoms with Crippen LogP contribution in [0.25, 0.3) is 0 Å². The molecular weight excluding hydrogens is 162 g/mol. The van der Waals surface area contributed by atoms with Crippen molar-refractivity contribution in [3.05, 3.63) is 17.2 Å². The summed E-state index contributed by atoms with van der Waals surface area (Å²) in [4.78, 5) is 6.54. The number of hydrogen-bond donors (Lipinski definition) is 2. The molecule has 1 aromatic rings. The second-order valence-electron chi connectivity index (χ2n) is 2.08. The van der Waals surface area contributed by atoms with Crippen molar-refractivity contribution in [1.29, 1.82) is 0 Å². The van der Waals surface area contributed by atoms with Gasteiger partial charge < -0.3 is 9.72 Å². The smallest absolute Gasteiger partial charge is 0.196 e. The number of aromatic nitrogens is 2. The highest BCUT2D eigenvalue weighted by atomic mass is 32.1. The molecule has 60 valence electrons. The number of ether oxygens (including phenoxy) is 1. The highest BCUT2D eigenvalue weighted by Gasteiger charge is 1.95. The molecule has 4 nitrogen and oxygen atoms in total. The lowest BCUT2D eigenvalue weighted by Crippen LogP contribution is -2.22. The summed E-state index contributed by atoms with van der Waals surface area (Å²) in [7, 11) is 0. The van der Waals surface area contributed by atoms with E-state index in [1.54, 1.807) is 13.1 Å². The van der Waals surface area contributed by atoms with E-state index in [4.69, 9.17) is 22.7 Å². The second-order valence-corrected chi connectivity index (χ2v) is 2.46. The molecule has 3 N–H and O–H groups in total. The lowest BCUT2D eigenvalue weighted by molar-refractivity contribution is 0.228. The van der Waals surface area contributed by atoms with Gasteiger partial charge in [-0.05, 0) is 19.1 Å². The van der Waals surface area contributed by atoms with Crippen LogP contribution in [0.5, 0.6) is 5.75 Å². The van der Waals surface area contributed by atoms with Gasteiger partial charge >= 0.3 is 0 Å². The summed E-state index contributed by atoms with van der Waals surface area (Å²) in [5.41, 5.74) is 5.37. The molecular formula is C6H9N3OS. The molecule has 1 rings (SSSR count). The number of nitrogens with zero attached hydrogens (tertiary/aromatic N) is 1. The molecule has 0 saturated heterocycles. The minimum atomic E-state index is -0.332. The summed E-state index contributed by atoms with van der Waals surface area (Å²) in [5, 5.41) is 0. The Labute approximate surface area is 69.4 Å². The van der Waals surface area contributed by atoms with Gasteiger partial charge in [-0.2, -0.15) is 0 Å². The van der Waals surface area contributed by atoms with E-state index in [2.05, 4.69) is 9.97 Å². The summed E-state index contributed by atoms with van der Waals surface area (Å²) in [5.74, 6) is 0.591. The second kappa shape index (κ2) is 3.45. The molecule has 1 atom stereocenters. The molecule has 11 heavy (non-hydrogen) atoms. The van der Waals surface area contributed by atoms with Crippen molar-refractivity contribution in [3.8, 4) is 5.75 Å². The van der Waals surface area contributed by atoms with Gasteiger partial charge in [0.25, 0.3) is 0 Å². The Bertz CT molecular complexity index is 263. The quantitative estimate of drug-likeness (QED) is 0.511. The van der Waals surface area contributed by atoms with Crippen LogP contribution in [0.4, 0.5) is 0 Å². The maximum atomic E-state index is 5.37. The Morgan fingerprint density at radius 2 is 2.55 bits per heavy atom. The van der Waals surface area contributed by atoms with E-state index in [0.717, 1.165) is 0 Å². The minimum absolute atomic E-state index is 0.332. The van der Waals surface area contributed by atoms with Crippen LogP contribution in [0.1, 0.15) is 6.92 Å². The third-order valence-corrected chi connectivity index (χ3v) is 1.19. The topological polar surface area (TPSA) is 63.9 Å². The van der Waals surface area contributed by atoms with Crippen LogP contribution < -0.4 is 10.5 Å². The highest BCUT2D eigenvalue weighted by molar-refractivity contribution is 7.71. The van der Waals surface area contributed by atoms with E-state index in [-0.39, 0.29) is 6.23 Å². The molecule has 0 radical (unpaired) electrons. The average Bonchev–Trinajstić information content (AvgIpc) is 1.93. The van der Waals surface area contributed by atoms with Gasteiger partial charge in [-0.25, -0.2) is 4.98 Å². The molecule has 0 aliphatic rings. The fourth-order valence-electron chi connectivity index (χ4n) is 0.609. The van der Waals surface area contributed by atoms with E-state index in [9.17, 15) is 0 Å². The van der Waals surface area contributed by atoms with Crippen LogP contribution in [0.2, 0.25) is 0 Å². The predicted molar refractivity (Wildman–Crippen MR) is 43.7 cm³/mol. The lowest BCUT2D eigenvalue weighted by Gasteiger charge is -2.07. The molecule has 0 aromatic carbocycles. The molecule has 1 heterocycles. The number of H-pyrrole nitrogens is 1. The van der Waals surface area contributed by atoms with Crippen LogP contribution in [0.3, 0.4) is 0 Å². The van der Waals surface area contributed by atoms with Crippen LogP contribution in [-0.4, -0.2) is 16.2 Å². The Kier molecular flexibility index (Phi) is 2.56. The summed E-state index contributed by atoms with van der Waals surface area (Å²) >= 11 is 4.73. The van der Waals surface area contributed by atoms with E-state index < -0.39 is 0 Å². The van der Waals surface area contributed by atoms with E-state index in [1.165, 1.54) is 6.20 Å². The van der Waals surface area contributed by atoms with Crippen LogP contribution in [0.15, 0.2) is 12.4 Å². The van der Waals surface area contributed by atoms with Crippen LogP contribution in [-0.2, 0) is 0 Å². The first kappa shape index (κ1) is 8.16. The van der Waals surface area contributed by atoms with E-state index >= 15 is 0 Å². The van der Waals surface area contributed by atoms with Crippen molar-refractivity contribution >= 4 is 12.2 Å². The fourth-order valence-corrected chi connectivity index (χ4v) is 0.720. The number of nitrogens with one attached hydrogen (secondary N) is 1. The average molecular weight is 171 g/mol. The normalized spacial score (nSPS) is 12.5. The standard InChI is InChI=1S/C6H9N3OS/c1-4(7)10-5-2-8-6(11)9-3-5/h2-4H,7H2,1H3,(H,8,9,11). The van der Waals surface area contributed by atoms with Crippen molar-refractivity contribution in [3.63, 3.8) is 0 Å². The van der Waals surface area contributed by atoms with E-state index in [0.29, 0.717) is 10.5 Å². The van der Waals surface area contributed by atoms with Gasteiger partial charge in [0, 0.05) is 6.20 Å². The summed E-state index contributed by atoms with van der Waals surface area (Å²) in [6, 6.07) is 0. The molecule has 0 amide bonds. The van der Waals surface area contributed by atoms with Crippen molar-refractivity contribution in [1.82, 2.24) is 9.97 Å². The summed E-state index contributed by atoms with van der Waals surface area (Å²) in [6.07, 6.45) is 2.82. The van der Waals surface area contributed by atoms with Gasteiger partial charge in [0.15, 0.2) is 10.5 Å². The number of hydrogen-bond acceptors (Lipinski definition) is 4. The Balaban J connectivity index is 2.74. The molecule has 0 bridgehead atoms. The van der Waals surface area contributed by atoms with Crippen molar-refractivity contribution < 1.29 is 4.74 Å². The van der Waals surface area contributed by atoms with E-state index in [1.807, 2.05) is 0 Å². The monoisotopic (exact) mass is 171 g/mol. The van der Waals surface area contributed by atoms with Gasteiger partial charge in [0.1, 0.15) is 6.23 Å². The fraction of sp³-hybridized carbons (Fsp3) is 0.333. The first-order valence-corrected chi connectivity index (χ1v) is 3.56. The Hall–Kier alpha value is -0.940. The molecule has 0 aliphatic heterocycles. The number of nitrogens with two attached hydrogens (primary N) is 1. The van der Waals surface area contributed by atoms with Crippen molar-refractivity contribution in [2.75, 3.05) is 0 Å². The molecule has 5 heteroatoms. The van der Waals surface area contributed by atoms with Gasteiger partial charge in [-0.1, -0.05) is 0 Å². The van der Waals surface area contributed by atoms with Crippen molar-refractivity contribution in [2.45, 2.75) is 13.2 Å². The van der Waals surface area contributed by atoms with Gasteiger partial charge in [-0.3, -0.25) is 5.73 Å². The van der Waals surface area contributed by atoms with Crippen LogP contribution >= 0.6 is 12.2 Å². The summed E-state index contributed by atoms with van der Waals surface area (Å²) in [6.45, 7) is 1.74. The lowest BCUT2D eigenvalue weighted by atomic mass is 10.6. The third-order valence-electron chi connectivity index (χ3n) is 0.969. The highest BCUT2D eigenvalue weighted by Crippen LogP contribution is 2.05. The molecule has 0 saturated carbocycles.